The highest BCUT2D eigenvalue weighted by Gasteiger charge is 2.24. The van der Waals surface area contributed by atoms with Crippen LogP contribution >= 0.6 is 0 Å². The lowest BCUT2D eigenvalue weighted by atomic mass is 10.1. The molecule has 0 radical (unpaired) electrons. The van der Waals surface area contributed by atoms with Gasteiger partial charge in [-0.25, -0.2) is 8.42 Å². The zero-order chi connectivity index (χ0) is 21.8. The highest BCUT2D eigenvalue weighted by atomic mass is 32.2. The summed E-state index contributed by atoms with van der Waals surface area (Å²) >= 11 is 0. The van der Waals surface area contributed by atoms with Crippen molar-refractivity contribution in [3.8, 4) is 0 Å². The molecule has 0 saturated carbocycles. The maximum absolute atomic E-state index is 13.4. The van der Waals surface area contributed by atoms with Crippen molar-refractivity contribution in [2.24, 2.45) is 0 Å². The highest BCUT2D eigenvalue weighted by molar-refractivity contribution is 7.92. The summed E-state index contributed by atoms with van der Waals surface area (Å²) in [4.78, 5) is 12.8. The van der Waals surface area contributed by atoms with Gasteiger partial charge in [0.2, 0.25) is 0 Å². The molecule has 4 rings (SSSR count). The zero-order valence-electron chi connectivity index (χ0n) is 17.0. The van der Waals surface area contributed by atoms with E-state index in [9.17, 15) is 13.2 Å². The minimum atomic E-state index is -3.77. The molecule has 0 unspecified atom stereocenters. The molecule has 0 aromatic heterocycles. The SMILES string of the molecule is CCN(c1ccccc1)S(=O)(=O)c1ccc2cccc(NC(=O)c3ccccc3)c2c1. The molecule has 0 fully saturated rings. The fraction of sp³-hybridized carbons (Fsp3) is 0.0800. The number of nitrogens with one attached hydrogen (secondary N) is 1. The fourth-order valence-electron chi connectivity index (χ4n) is 3.52. The summed E-state index contributed by atoms with van der Waals surface area (Å²) in [5.41, 5.74) is 1.70. The molecule has 4 aromatic rings. The van der Waals surface area contributed by atoms with Crippen LogP contribution in [0.4, 0.5) is 11.4 Å². The molecule has 1 amide bonds. The number of anilines is 2. The largest absolute Gasteiger partial charge is 0.321 e. The Morgan fingerprint density at radius 1 is 0.839 bits per heavy atom. The number of hydrogen-bond donors (Lipinski definition) is 1. The highest BCUT2D eigenvalue weighted by Crippen LogP contribution is 2.30. The van der Waals surface area contributed by atoms with Gasteiger partial charge in [-0.05, 0) is 54.8 Å². The molecule has 31 heavy (non-hydrogen) atoms. The summed E-state index contributed by atoms with van der Waals surface area (Å²) in [6, 6.07) is 28.4. The Balaban J connectivity index is 1.75. The molecule has 0 heterocycles. The summed E-state index contributed by atoms with van der Waals surface area (Å²) in [7, 11) is -3.77. The van der Waals surface area contributed by atoms with Crippen LogP contribution in [-0.2, 0) is 10.0 Å². The molecule has 0 aliphatic heterocycles. The molecule has 0 atom stereocenters. The van der Waals surface area contributed by atoms with Gasteiger partial charge < -0.3 is 5.32 Å². The molecule has 1 N–H and O–H groups in total. The molecular weight excluding hydrogens is 408 g/mol. The van der Waals surface area contributed by atoms with E-state index >= 15 is 0 Å². The van der Waals surface area contributed by atoms with E-state index in [0.717, 1.165) is 5.39 Å². The number of para-hydroxylation sites is 1. The van der Waals surface area contributed by atoms with Gasteiger partial charge >= 0.3 is 0 Å². The number of rotatable bonds is 6. The van der Waals surface area contributed by atoms with Gasteiger partial charge in [-0.2, -0.15) is 0 Å². The lowest BCUT2D eigenvalue weighted by Gasteiger charge is -2.23. The minimum Gasteiger partial charge on any atom is -0.321 e. The molecule has 4 aromatic carbocycles. The first-order valence-corrected chi connectivity index (χ1v) is 11.4. The van der Waals surface area contributed by atoms with Gasteiger partial charge in [0.1, 0.15) is 0 Å². The van der Waals surface area contributed by atoms with Crippen LogP contribution in [0.3, 0.4) is 0 Å². The van der Waals surface area contributed by atoms with Crippen molar-refractivity contribution in [3.05, 3.63) is 103 Å². The fourth-order valence-corrected chi connectivity index (χ4v) is 5.02. The third-order valence-corrected chi connectivity index (χ3v) is 6.96. The van der Waals surface area contributed by atoms with Gasteiger partial charge in [-0.3, -0.25) is 9.10 Å². The van der Waals surface area contributed by atoms with Crippen LogP contribution in [0.25, 0.3) is 10.8 Å². The monoisotopic (exact) mass is 430 g/mol. The molecule has 5 nitrogen and oxygen atoms in total. The summed E-state index contributed by atoms with van der Waals surface area (Å²) in [6.07, 6.45) is 0. The molecule has 0 saturated heterocycles. The van der Waals surface area contributed by atoms with Gasteiger partial charge in [0.05, 0.1) is 10.6 Å². The van der Waals surface area contributed by atoms with Crippen LogP contribution in [0.1, 0.15) is 17.3 Å². The van der Waals surface area contributed by atoms with E-state index in [1.165, 1.54) is 4.31 Å². The Morgan fingerprint density at radius 2 is 1.52 bits per heavy atom. The van der Waals surface area contributed by atoms with E-state index in [1.807, 2.05) is 36.4 Å². The second-order valence-corrected chi connectivity index (χ2v) is 8.88. The summed E-state index contributed by atoms with van der Waals surface area (Å²) in [5.74, 6) is -0.249. The third-order valence-electron chi connectivity index (χ3n) is 5.06. The van der Waals surface area contributed by atoms with Crippen molar-refractivity contribution in [3.63, 3.8) is 0 Å². The summed E-state index contributed by atoms with van der Waals surface area (Å²) in [6.45, 7) is 2.11. The summed E-state index contributed by atoms with van der Waals surface area (Å²) in [5, 5.41) is 4.41. The van der Waals surface area contributed by atoms with Gasteiger partial charge in [0.15, 0.2) is 0 Å². The van der Waals surface area contributed by atoms with Crippen LogP contribution in [0, 0.1) is 0 Å². The zero-order valence-corrected chi connectivity index (χ0v) is 17.8. The quantitative estimate of drug-likeness (QED) is 0.451. The van der Waals surface area contributed by atoms with Crippen molar-refractivity contribution in [1.29, 1.82) is 0 Å². The van der Waals surface area contributed by atoms with Crippen LogP contribution in [0.15, 0.2) is 102 Å². The summed E-state index contributed by atoms with van der Waals surface area (Å²) < 4.78 is 28.2. The van der Waals surface area contributed by atoms with Gasteiger partial charge in [0.25, 0.3) is 15.9 Å². The molecular formula is C25H22N2O3S. The lowest BCUT2D eigenvalue weighted by molar-refractivity contribution is 0.102. The van der Waals surface area contributed by atoms with E-state index in [4.69, 9.17) is 0 Å². The standard InChI is InChI=1S/C25H22N2O3S/c1-2-27(21-13-7-4-8-14-21)31(29,30)22-17-16-19-12-9-15-24(23(19)18-22)26-25(28)20-10-5-3-6-11-20/h3-18H,2H2,1H3,(H,26,28). The normalized spacial score (nSPS) is 11.3. The average Bonchev–Trinajstić information content (AvgIpc) is 2.80. The Morgan fingerprint density at radius 3 is 2.19 bits per heavy atom. The van der Waals surface area contributed by atoms with Crippen molar-refractivity contribution >= 4 is 38.1 Å². The van der Waals surface area contributed by atoms with Gasteiger partial charge in [0, 0.05) is 23.2 Å². The number of carbonyl (C=O) groups is 1. The van der Waals surface area contributed by atoms with Crippen molar-refractivity contribution in [2.75, 3.05) is 16.2 Å². The van der Waals surface area contributed by atoms with Gasteiger partial charge in [-0.1, -0.05) is 54.6 Å². The van der Waals surface area contributed by atoms with Crippen molar-refractivity contribution < 1.29 is 13.2 Å². The number of fused-ring (bicyclic) bond motifs is 1. The predicted molar refractivity (Wildman–Crippen MR) is 125 cm³/mol. The number of sulfonamides is 1. The Kier molecular flexibility index (Phi) is 5.73. The topological polar surface area (TPSA) is 66.5 Å². The predicted octanol–water partition coefficient (Wildman–Crippen LogP) is 5.31. The smallest absolute Gasteiger partial charge is 0.264 e. The number of nitrogens with zero attached hydrogens (tertiary/aromatic N) is 1. The van der Waals surface area contributed by atoms with E-state index in [2.05, 4.69) is 5.32 Å². The number of benzene rings is 4. The first-order valence-electron chi connectivity index (χ1n) is 9.97. The molecule has 0 aliphatic rings. The Bertz CT molecular complexity index is 1320. The van der Waals surface area contributed by atoms with E-state index < -0.39 is 10.0 Å². The maximum atomic E-state index is 13.4. The first kappa shape index (κ1) is 20.6. The third kappa shape index (κ3) is 4.15. The first-order chi connectivity index (χ1) is 15.0. The molecule has 156 valence electrons. The van der Waals surface area contributed by atoms with Crippen LogP contribution in [-0.4, -0.2) is 20.9 Å². The minimum absolute atomic E-state index is 0.173. The maximum Gasteiger partial charge on any atom is 0.264 e. The number of amides is 1. The molecule has 0 spiro atoms. The lowest BCUT2D eigenvalue weighted by Crippen LogP contribution is -2.30. The van der Waals surface area contributed by atoms with Crippen molar-refractivity contribution in [1.82, 2.24) is 0 Å². The van der Waals surface area contributed by atoms with E-state index in [1.54, 1.807) is 67.6 Å². The van der Waals surface area contributed by atoms with Crippen molar-refractivity contribution in [2.45, 2.75) is 11.8 Å². The molecule has 0 bridgehead atoms. The van der Waals surface area contributed by atoms with Crippen LogP contribution < -0.4 is 9.62 Å². The second-order valence-electron chi connectivity index (χ2n) is 7.01. The Hall–Kier alpha value is -3.64. The molecule has 6 heteroatoms. The number of hydrogen-bond acceptors (Lipinski definition) is 3. The van der Waals surface area contributed by atoms with Gasteiger partial charge in [-0.15, -0.1) is 0 Å². The van der Waals surface area contributed by atoms with E-state index in [-0.39, 0.29) is 10.8 Å². The Labute approximate surface area is 182 Å². The molecule has 0 aliphatic carbocycles. The second kappa shape index (κ2) is 8.62. The van der Waals surface area contributed by atoms with Crippen LogP contribution in [0.2, 0.25) is 0 Å². The average molecular weight is 431 g/mol. The number of carbonyl (C=O) groups excluding carboxylic acids is 1. The van der Waals surface area contributed by atoms with E-state index in [0.29, 0.717) is 28.9 Å². The van der Waals surface area contributed by atoms with Crippen LogP contribution in [0.5, 0.6) is 0 Å².